The molecule has 1 aliphatic heterocycles. The fourth-order valence-corrected chi connectivity index (χ4v) is 3.13. The number of carbonyl (C=O) groups excluding carboxylic acids is 2. The molecule has 0 atom stereocenters. The summed E-state index contributed by atoms with van der Waals surface area (Å²) in [7, 11) is 0. The Kier molecular flexibility index (Phi) is 5.23. The van der Waals surface area contributed by atoms with Crippen LogP contribution < -0.4 is 5.32 Å². The third kappa shape index (κ3) is 3.64. The molecule has 0 bridgehead atoms. The Morgan fingerprint density at radius 3 is 2.14 bits per heavy atom. The van der Waals surface area contributed by atoms with Crippen LogP contribution in [0.3, 0.4) is 0 Å². The maximum atomic E-state index is 12.5. The topological polar surface area (TPSA) is 49.4 Å². The van der Waals surface area contributed by atoms with E-state index in [9.17, 15) is 22.8 Å². The zero-order valence-electron chi connectivity index (χ0n) is 12.6. The molecule has 1 heterocycles. The molecule has 21 heavy (non-hydrogen) atoms. The highest BCUT2D eigenvalue weighted by molar-refractivity contribution is 8.00. The molecule has 0 aromatic rings. The second-order valence-corrected chi connectivity index (χ2v) is 6.73. The quantitative estimate of drug-likeness (QED) is 0.845. The lowest BCUT2D eigenvalue weighted by molar-refractivity contribution is -0.162. The lowest BCUT2D eigenvalue weighted by Gasteiger charge is -2.50. The number of piperazine rings is 1. The molecule has 122 valence electrons. The van der Waals surface area contributed by atoms with Gasteiger partial charge in [-0.2, -0.15) is 13.2 Å². The van der Waals surface area contributed by atoms with Gasteiger partial charge in [0.25, 0.3) is 0 Å². The first-order valence-corrected chi connectivity index (χ1v) is 7.84. The third-order valence-electron chi connectivity index (χ3n) is 3.90. The van der Waals surface area contributed by atoms with Gasteiger partial charge in [-0.15, -0.1) is 0 Å². The van der Waals surface area contributed by atoms with Crippen molar-refractivity contribution in [3.63, 3.8) is 0 Å². The number of amides is 2. The number of hydrogen-bond acceptors (Lipinski definition) is 3. The summed E-state index contributed by atoms with van der Waals surface area (Å²) in [6.07, 6.45) is 0.738. The fourth-order valence-electron chi connectivity index (χ4n) is 2.63. The summed E-state index contributed by atoms with van der Waals surface area (Å²) in [6.45, 7) is 6.55. The Morgan fingerprint density at radius 2 is 1.71 bits per heavy atom. The van der Waals surface area contributed by atoms with Crippen LogP contribution in [0.25, 0.3) is 0 Å². The summed E-state index contributed by atoms with van der Waals surface area (Å²) < 4.78 is 36.8. The third-order valence-corrected chi connectivity index (χ3v) is 4.61. The van der Waals surface area contributed by atoms with Gasteiger partial charge in [-0.1, -0.05) is 13.8 Å². The first-order valence-electron chi connectivity index (χ1n) is 6.85. The van der Waals surface area contributed by atoms with Crippen molar-refractivity contribution in [2.75, 3.05) is 12.3 Å². The Morgan fingerprint density at radius 1 is 1.19 bits per heavy atom. The van der Waals surface area contributed by atoms with Crippen LogP contribution in [0.5, 0.6) is 0 Å². The molecule has 1 saturated heterocycles. The van der Waals surface area contributed by atoms with E-state index in [0.29, 0.717) is 12.8 Å². The Bertz CT molecular complexity index is 420. The van der Waals surface area contributed by atoms with Crippen LogP contribution in [0.4, 0.5) is 13.2 Å². The summed E-state index contributed by atoms with van der Waals surface area (Å²) in [6, 6.07) is 0. The van der Waals surface area contributed by atoms with Gasteiger partial charge in [0.15, 0.2) is 0 Å². The van der Waals surface area contributed by atoms with Gasteiger partial charge < -0.3 is 10.2 Å². The summed E-state index contributed by atoms with van der Waals surface area (Å²) in [4.78, 5) is 26.2. The predicted octanol–water partition coefficient (Wildman–Crippen LogP) is 2.54. The van der Waals surface area contributed by atoms with E-state index in [2.05, 4.69) is 5.32 Å². The number of halogens is 3. The molecule has 1 N–H and O–H groups in total. The molecule has 0 aliphatic carbocycles. The Hall–Kier alpha value is -0.920. The molecule has 0 radical (unpaired) electrons. The molecule has 1 fully saturated rings. The minimum Gasteiger partial charge on any atom is -0.340 e. The SMILES string of the molecule is CCC1(CC)C(=O)NC(C)(C)C(=O)N1CCSC(F)(F)F. The van der Waals surface area contributed by atoms with Crippen LogP contribution in [0.1, 0.15) is 40.5 Å². The maximum absolute atomic E-state index is 12.5. The molecule has 2 amide bonds. The van der Waals surface area contributed by atoms with Crippen molar-refractivity contribution in [1.29, 1.82) is 0 Å². The van der Waals surface area contributed by atoms with Crippen LogP contribution in [0.2, 0.25) is 0 Å². The number of alkyl halides is 3. The van der Waals surface area contributed by atoms with Crippen LogP contribution in [0, 0.1) is 0 Å². The fraction of sp³-hybridized carbons (Fsp3) is 0.846. The normalized spacial score (nSPS) is 21.4. The van der Waals surface area contributed by atoms with E-state index in [1.54, 1.807) is 27.7 Å². The van der Waals surface area contributed by atoms with Crippen molar-refractivity contribution in [2.24, 2.45) is 0 Å². The average molecular weight is 326 g/mol. The van der Waals surface area contributed by atoms with Crippen LogP contribution in [0.15, 0.2) is 0 Å². The number of nitrogens with zero attached hydrogens (tertiary/aromatic N) is 1. The summed E-state index contributed by atoms with van der Waals surface area (Å²) >= 11 is -0.173. The van der Waals surface area contributed by atoms with E-state index in [1.807, 2.05) is 0 Å². The Balaban J connectivity index is 3.00. The number of thioether (sulfide) groups is 1. The molecule has 0 aromatic heterocycles. The van der Waals surface area contributed by atoms with E-state index in [1.165, 1.54) is 4.90 Å². The van der Waals surface area contributed by atoms with Crippen LogP contribution in [-0.4, -0.2) is 45.6 Å². The van der Waals surface area contributed by atoms with E-state index < -0.39 is 16.6 Å². The molecular weight excluding hydrogens is 305 g/mol. The van der Waals surface area contributed by atoms with Gasteiger partial charge in [0.05, 0.1) is 0 Å². The second-order valence-electron chi connectivity index (χ2n) is 5.57. The van der Waals surface area contributed by atoms with Gasteiger partial charge >= 0.3 is 5.51 Å². The lowest BCUT2D eigenvalue weighted by Crippen LogP contribution is -2.74. The number of rotatable bonds is 5. The molecule has 8 heteroatoms. The highest BCUT2D eigenvalue weighted by Gasteiger charge is 2.53. The van der Waals surface area contributed by atoms with E-state index in [0.717, 1.165) is 0 Å². The van der Waals surface area contributed by atoms with Gasteiger partial charge in [0.1, 0.15) is 11.1 Å². The van der Waals surface area contributed by atoms with Gasteiger partial charge in [0.2, 0.25) is 11.8 Å². The minimum atomic E-state index is -4.34. The Labute approximate surface area is 126 Å². The number of nitrogens with one attached hydrogen (secondary N) is 1. The molecule has 0 spiro atoms. The smallest absolute Gasteiger partial charge is 0.340 e. The summed E-state index contributed by atoms with van der Waals surface area (Å²) in [5.74, 6) is -0.914. The first kappa shape index (κ1) is 18.1. The number of hydrogen-bond donors (Lipinski definition) is 1. The molecule has 0 saturated carbocycles. The van der Waals surface area contributed by atoms with E-state index in [4.69, 9.17) is 0 Å². The average Bonchev–Trinajstić information content (AvgIpc) is 2.34. The standard InChI is InChI=1S/C13H21F3N2O2S/c1-5-12(6-2)9(19)17-11(3,4)10(20)18(12)7-8-21-13(14,15)16/h5-8H2,1-4H3,(H,17,19). The van der Waals surface area contributed by atoms with Gasteiger partial charge in [-0.3, -0.25) is 9.59 Å². The summed E-state index contributed by atoms with van der Waals surface area (Å²) in [5.41, 5.74) is -6.48. The van der Waals surface area contributed by atoms with Gasteiger partial charge in [-0.05, 0) is 38.5 Å². The molecule has 1 aliphatic rings. The number of carbonyl (C=O) groups is 2. The highest BCUT2D eigenvalue weighted by atomic mass is 32.2. The predicted molar refractivity (Wildman–Crippen MR) is 75.8 cm³/mol. The monoisotopic (exact) mass is 326 g/mol. The van der Waals surface area contributed by atoms with Crippen molar-refractivity contribution in [3.8, 4) is 0 Å². The summed E-state index contributed by atoms with van der Waals surface area (Å²) in [5, 5.41) is 2.68. The first-order chi connectivity index (χ1) is 9.50. The van der Waals surface area contributed by atoms with E-state index in [-0.39, 0.29) is 35.9 Å². The largest absolute Gasteiger partial charge is 0.441 e. The van der Waals surface area contributed by atoms with Gasteiger partial charge in [0, 0.05) is 12.3 Å². The highest BCUT2D eigenvalue weighted by Crippen LogP contribution is 2.34. The minimum absolute atomic E-state index is 0.0957. The van der Waals surface area contributed by atoms with Crippen molar-refractivity contribution < 1.29 is 22.8 Å². The lowest BCUT2D eigenvalue weighted by atomic mass is 9.83. The zero-order chi connectivity index (χ0) is 16.5. The van der Waals surface area contributed by atoms with Crippen molar-refractivity contribution in [1.82, 2.24) is 10.2 Å². The van der Waals surface area contributed by atoms with Gasteiger partial charge in [-0.25, -0.2) is 0 Å². The maximum Gasteiger partial charge on any atom is 0.441 e. The molecule has 0 unspecified atom stereocenters. The molecule has 0 aromatic carbocycles. The zero-order valence-corrected chi connectivity index (χ0v) is 13.5. The second kappa shape index (κ2) is 6.06. The molecule has 1 rings (SSSR count). The van der Waals surface area contributed by atoms with Crippen LogP contribution in [-0.2, 0) is 9.59 Å². The molecular formula is C13H21F3N2O2S. The molecule has 4 nitrogen and oxygen atoms in total. The van der Waals surface area contributed by atoms with Crippen molar-refractivity contribution in [2.45, 2.75) is 57.1 Å². The van der Waals surface area contributed by atoms with Crippen molar-refractivity contribution in [3.05, 3.63) is 0 Å². The van der Waals surface area contributed by atoms with Crippen LogP contribution >= 0.6 is 11.8 Å². The van der Waals surface area contributed by atoms with Crippen molar-refractivity contribution >= 4 is 23.6 Å². The van der Waals surface area contributed by atoms with E-state index >= 15 is 0 Å².